The number of aliphatic hydroxyl groups excluding tert-OH is 1. The van der Waals surface area contributed by atoms with Gasteiger partial charge >= 0.3 is 0 Å². The molecule has 0 bridgehead atoms. The van der Waals surface area contributed by atoms with Crippen LogP contribution in [0.4, 0.5) is 5.69 Å². The molecule has 40 heavy (non-hydrogen) atoms. The Balaban J connectivity index is 1.64. The minimum atomic E-state index is -2.73. The zero-order chi connectivity index (χ0) is 29.2. The standard InChI is InChI=1S/C30H43IN4O4Si/c1-20(2)8-7-9-21(3)12-16-35-26-11-10-23(31)18-25(26)30(29(35)37)22(4)28(40(5,6)38)27(39-30)13-15-34-19-24(14-17-36)32-33-34/h8,10-12,18-19,22,27-28,36,38H,7,9,13-17H2,1-6H3/b21-12+/t22-,27+,28-,30+/m0/s1. The molecule has 2 aliphatic rings. The van der Waals surface area contributed by atoms with Crippen molar-refractivity contribution >= 4 is 42.5 Å². The van der Waals surface area contributed by atoms with Crippen LogP contribution in [0.25, 0.3) is 0 Å². The number of hydrogen-bond donors (Lipinski definition) is 2. The lowest BCUT2D eigenvalue weighted by Crippen LogP contribution is -2.46. The van der Waals surface area contributed by atoms with Gasteiger partial charge in [-0.25, -0.2) is 0 Å². The number of hydrogen-bond acceptors (Lipinski definition) is 6. The van der Waals surface area contributed by atoms with Crippen LogP contribution < -0.4 is 4.90 Å². The van der Waals surface area contributed by atoms with E-state index in [0.717, 1.165) is 33.4 Å². The number of benzene rings is 1. The van der Waals surface area contributed by atoms with E-state index >= 15 is 0 Å². The fourth-order valence-corrected chi connectivity index (χ4v) is 9.47. The summed E-state index contributed by atoms with van der Waals surface area (Å²) >= 11 is 2.30. The van der Waals surface area contributed by atoms with Gasteiger partial charge in [-0.15, -0.1) is 5.10 Å². The molecule has 4 atom stereocenters. The summed E-state index contributed by atoms with van der Waals surface area (Å²) in [5.74, 6) is -0.232. The first kappa shape index (κ1) is 31.1. The van der Waals surface area contributed by atoms with Gasteiger partial charge in [-0.2, -0.15) is 0 Å². The Bertz CT molecular complexity index is 1280. The monoisotopic (exact) mass is 678 g/mol. The predicted octanol–water partition coefficient (Wildman–Crippen LogP) is 5.34. The van der Waals surface area contributed by atoms with E-state index in [4.69, 9.17) is 4.74 Å². The average molecular weight is 679 g/mol. The summed E-state index contributed by atoms with van der Waals surface area (Å²) in [6.07, 6.45) is 8.95. The van der Waals surface area contributed by atoms with Crippen LogP contribution in [0.15, 0.2) is 47.7 Å². The molecule has 3 heterocycles. The van der Waals surface area contributed by atoms with Crippen LogP contribution in [0.5, 0.6) is 0 Å². The fourth-order valence-electron chi connectivity index (χ4n) is 6.37. The number of aliphatic hydroxyl groups is 1. The summed E-state index contributed by atoms with van der Waals surface area (Å²) in [5.41, 5.74) is 3.84. The van der Waals surface area contributed by atoms with E-state index in [1.165, 1.54) is 11.1 Å². The smallest absolute Gasteiger partial charge is 0.264 e. The van der Waals surface area contributed by atoms with Crippen molar-refractivity contribution < 1.29 is 19.4 Å². The summed E-state index contributed by atoms with van der Waals surface area (Å²) in [7, 11) is -2.73. The number of carbonyl (C=O) groups excluding carboxylic acids is 1. The molecule has 8 nitrogen and oxygen atoms in total. The van der Waals surface area contributed by atoms with Gasteiger partial charge in [0.05, 0.1) is 17.5 Å². The Hall–Kier alpha value is -1.86. The van der Waals surface area contributed by atoms with Crippen LogP contribution in [-0.2, 0) is 28.1 Å². The molecule has 0 unspecified atom stereocenters. The molecule has 10 heteroatoms. The highest BCUT2D eigenvalue weighted by Crippen LogP contribution is 2.59. The van der Waals surface area contributed by atoms with Crippen LogP contribution in [0, 0.1) is 9.49 Å². The van der Waals surface area contributed by atoms with Gasteiger partial charge in [0, 0.05) is 52.9 Å². The second-order valence-electron chi connectivity index (χ2n) is 12.0. The highest BCUT2D eigenvalue weighted by Gasteiger charge is 2.66. The van der Waals surface area contributed by atoms with Crippen molar-refractivity contribution in [1.82, 2.24) is 15.0 Å². The number of allylic oxidation sites excluding steroid dienone is 3. The van der Waals surface area contributed by atoms with Gasteiger partial charge < -0.3 is 19.5 Å². The normalized spacial score (nSPS) is 24.7. The molecule has 2 aromatic rings. The van der Waals surface area contributed by atoms with Crippen molar-refractivity contribution in [2.45, 2.75) is 90.3 Å². The maximum atomic E-state index is 14.4. The molecule has 218 valence electrons. The molecule has 1 spiro atoms. The third kappa shape index (κ3) is 6.30. The van der Waals surface area contributed by atoms with Gasteiger partial charge in [0.2, 0.25) is 0 Å². The topological polar surface area (TPSA) is 101 Å². The van der Waals surface area contributed by atoms with Crippen LogP contribution in [0.3, 0.4) is 0 Å². The molecular formula is C30H43IN4O4Si. The molecule has 1 fully saturated rings. The third-order valence-corrected chi connectivity index (χ3v) is 11.4. The van der Waals surface area contributed by atoms with E-state index in [9.17, 15) is 14.7 Å². The Kier molecular flexibility index (Phi) is 9.76. The first-order valence-electron chi connectivity index (χ1n) is 14.2. The first-order chi connectivity index (χ1) is 18.9. The van der Waals surface area contributed by atoms with E-state index in [-0.39, 0.29) is 30.1 Å². The Labute approximate surface area is 252 Å². The highest BCUT2D eigenvalue weighted by molar-refractivity contribution is 14.1. The molecule has 4 rings (SSSR count). The number of rotatable bonds is 11. The molecule has 1 saturated heterocycles. The van der Waals surface area contributed by atoms with Crippen molar-refractivity contribution in [1.29, 1.82) is 0 Å². The van der Waals surface area contributed by atoms with E-state index < -0.39 is 13.9 Å². The lowest BCUT2D eigenvalue weighted by molar-refractivity contribution is -0.145. The largest absolute Gasteiger partial charge is 0.432 e. The molecule has 1 aromatic heterocycles. The Morgan fingerprint density at radius 2 is 2.00 bits per heavy atom. The molecule has 2 N–H and O–H groups in total. The molecule has 0 aliphatic carbocycles. The number of nitrogens with zero attached hydrogens (tertiary/aromatic N) is 4. The summed E-state index contributed by atoms with van der Waals surface area (Å²) in [6, 6.07) is 6.16. The van der Waals surface area contributed by atoms with Gasteiger partial charge in [0.15, 0.2) is 13.9 Å². The summed E-state index contributed by atoms with van der Waals surface area (Å²) in [6.45, 7) is 13.4. The van der Waals surface area contributed by atoms with Crippen molar-refractivity contribution in [3.05, 3.63) is 62.5 Å². The van der Waals surface area contributed by atoms with Gasteiger partial charge in [0.25, 0.3) is 5.91 Å². The zero-order valence-corrected chi connectivity index (χ0v) is 27.7. The minimum Gasteiger partial charge on any atom is -0.432 e. The zero-order valence-electron chi connectivity index (χ0n) is 24.5. The van der Waals surface area contributed by atoms with Crippen LogP contribution in [0.2, 0.25) is 18.6 Å². The van der Waals surface area contributed by atoms with E-state index in [0.29, 0.717) is 25.9 Å². The van der Waals surface area contributed by atoms with Crippen LogP contribution in [0.1, 0.15) is 58.2 Å². The number of amides is 1. The molecule has 0 radical (unpaired) electrons. The minimum absolute atomic E-state index is 0.0256. The Morgan fingerprint density at radius 1 is 1.25 bits per heavy atom. The number of aryl methyl sites for hydroxylation is 1. The third-order valence-electron chi connectivity index (χ3n) is 8.26. The second-order valence-corrected chi connectivity index (χ2v) is 17.3. The first-order valence-corrected chi connectivity index (χ1v) is 18.3. The van der Waals surface area contributed by atoms with Crippen molar-refractivity contribution in [2.24, 2.45) is 5.92 Å². The van der Waals surface area contributed by atoms with E-state index in [2.05, 4.69) is 78.8 Å². The number of carbonyl (C=O) groups is 1. The van der Waals surface area contributed by atoms with E-state index in [1.54, 1.807) is 4.68 Å². The SMILES string of the molecule is CC(C)=CCC/C(C)=C/CN1C(=O)[C@]2(O[C@H](CCn3cc(CCO)nn3)[C@@H]([Si](C)(C)O)[C@@H]2C)c2cc(I)ccc21. The van der Waals surface area contributed by atoms with Crippen LogP contribution in [-0.4, -0.2) is 58.4 Å². The lowest BCUT2D eigenvalue weighted by atomic mass is 9.82. The lowest BCUT2D eigenvalue weighted by Gasteiger charge is -2.32. The van der Waals surface area contributed by atoms with Crippen molar-refractivity contribution in [2.75, 3.05) is 18.1 Å². The quantitative estimate of drug-likeness (QED) is 0.189. The molecule has 1 aromatic carbocycles. The maximum Gasteiger partial charge on any atom is 0.264 e. The van der Waals surface area contributed by atoms with Crippen molar-refractivity contribution in [3.63, 3.8) is 0 Å². The van der Waals surface area contributed by atoms with E-state index in [1.807, 2.05) is 36.3 Å². The molecule has 0 saturated carbocycles. The molecular weight excluding hydrogens is 635 g/mol. The molecule has 1 amide bonds. The second kappa shape index (κ2) is 12.6. The van der Waals surface area contributed by atoms with Gasteiger partial charge in [-0.05, 0) is 93.9 Å². The summed E-state index contributed by atoms with van der Waals surface area (Å²) < 4.78 is 9.72. The van der Waals surface area contributed by atoms with Crippen LogP contribution >= 0.6 is 22.6 Å². The predicted molar refractivity (Wildman–Crippen MR) is 169 cm³/mol. The number of aromatic nitrogens is 3. The summed E-state index contributed by atoms with van der Waals surface area (Å²) in [4.78, 5) is 27.8. The van der Waals surface area contributed by atoms with Crippen molar-refractivity contribution in [3.8, 4) is 0 Å². The number of halogens is 1. The fraction of sp³-hybridized carbons (Fsp3) is 0.567. The number of anilines is 1. The van der Waals surface area contributed by atoms with Gasteiger partial charge in [0.1, 0.15) is 0 Å². The summed E-state index contributed by atoms with van der Waals surface area (Å²) in [5, 5.41) is 17.5. The van der Waals surface area contributed by atoms with Gasteiger partial charge in [-0.1, -0.05) is 35.4 Å². The average Bonchev–Trinajstić information content (AvgIpc) is 3.51. The Morgan fingerprint density at radius 3 is 2.67 bits per heavy atom. The maximum absolute atomic E-state index is 14.4. The highest BCUT2D eigenvalue weighted by atomic mass is 127. The van der Waals surface area contributed by atoms with Gasteiger partial charge in [-0.3, -0.25) is 9.48 Å². The number of fused-ring (bicyclic) bond motifs is 2. The number of ether oxygens (including phenoxy) is 1. The molecule has 2 aliphatic heterocycles.